The molecule has 3 aromatic heterocycles. The Hall–Kier alpha value is -3.48. The van der Waals surface area contributed by atoms with Gasteiger partial charge in [-0.2, -0.15) is 9.50 Å². The van der Waals surface area contributed by atoms with Crippen LogP contribution in [0.3, 0.4) is 0 Å². The van der Waals surface area contributed by atoms with Gasteiger partial charge in [0.15, 0.2) is 0 Å². The van der Waals surface area contributed by atoms with E-state index >= 15 is 0 Å². The fourth-order valence-corrected chi connectivity index (χ4v) is 4.21. The molecule has 0 radical (unpaired) electrons. The fraction of sp³-hybridized carbons (Fsp3) is 0.120. The smallest absolute Gasteiger partial charge is 0.255 e. The molecule has 0 aliphatic carbocycles. The van der Waals surface area contributed by atoms with Gasteiger partial charge in [-0.15, -0.1) is 5.10 Å². The summed E-state index contributed by atoms with van der Waals surface area (Å²) < 4.78 is 1.57. The second-order valence-corrected chi connectivity index (χ2v) is 8.54. The maximum Gasteiger partial charge on any atom is 0.255 e. The standard InChI is InChI=1S/C25H20Cl2N6/c1-16-21(13-17-6-3-2-4-7-17)23(27)33-25(29-16)31-24(32-33)30-22-14-20(26)10-9-19(22)12-18-8-5-11-28-15-18/h2-11,14-15H,12-13H2,1H3,(H,30,32). The Balaban J connectivity index is 1.48. The van der Waals surface area contributed by atoms with Crippen molar-refractivity contribution in [1.82, 2.24) is 24.6 Å². The van der Waals surface area contributed by atoms with Gasteiger partial charge in [0, 0.05) is 47.2 Å². The Kier molecular flexibility index (Phi) is 5.94. The number of fused-ring (bicyclic) bond motifs is 1. The van der Waals surface area contributed by atoms with Crippen LogP contribution >= 0.6 is 23.2 Å². The molecule has 0 atom stereocenters. The van der Waals surface area contributed by atoms with Crippen molar-refractivity contribution in [3.8, 4) is 0 Å². The minimum absolute atomic E-state index is 0.398. The van der Waals surface area contributed by atoms with Gasteiger partial charge in [-0.25, -0.2) is 4.98 Å². The van der Waals surface area contributed by atoms with E-state index in [4.69, 9.17) is 23.2 Å². The minimum atomic E-state index is 0.398. The number of anilines is 2. The van der Waals surface area contributed by atoms with Gasteiger partial charge in [0.1, 0.15) is 5.15 Å². The lowest BCUT2D eigenvalue weighted by Crippen LogP contribution is -2.03. The van der Waals surface area contributed by atoms with Gasteiger partial charge in [-0.3, -0.25) is 4.98 Å². The quantitative estimate of drug-likeness (QED) is 0.303. The molecule has 0 saturated heterocycles. The highest BCUT2D eigenvalue weighted by molar-refractivity contribution is 6.31. The normalized spacial score (nSPS) is 11.1. The highest BCUT2D eigenvalue weighted by atomic mass is 35.5. The number of aromatic nitrogens is 5. The summed E-state index contributed by atoms with van der Waals surface area (Å²) in [4.78, 5) is 13.4. The molecule has 2 aromatic carbocycles. The summed E-state index contributed by atoms with van der Waals surface area (Å²) in [6.07, 6.45) is 4.97. The van der Waals surface area contributed by atoms with E-state index in [9.17, 15) is 0 Å². The third-order valence-corrected chi connectivity index (χ3v) is 6.01. The molecule has 1 N–H and O–H groups in total. The van der Waals surface area contributed by atoms with Crippen molar-refractivity contribution in [2.24, 2.45) is 0 Å². The van der Waals surface area contributed by atoms with Gasteiger partial charge >= 0.3 is 0 Å². The van der Waals surface area contributed by atoms with E-state index in [1.54, 1.807) is 10.7 Å². The summed E-state index contributed by atoms with van der Waals surface area (Å²) in [6.45, 7) is 1.94. The number of nitrogens with one attached hydrogen (secondary N) is 1. The first-order valence-electron chi connectivity index (χ1n) is 10.5. The van der Waals surface area contributed by atoms with Crippen LogP contribution in [0.4, 0.5) is 11.6 Å². The van der Waals surface area contributed by atoms with Gasteiger partial charge in [-0.05, 0) is 41.8 Å². The van der Waals surface area contributed by atoms with E-state index in [-0.39, 0.29) is 0 Å². The third kappa shape index (κ3) is 4.67. The van der Waals surface area contributed by atoms with Gasteiger partial charge in [0.05, 0.1) is 0 Å². The molecule has 33 heavy (non-hydrogen) atoms. The molecule has 0 unspecified atom stereocenters. The Morgan fingerprint density at radius 2 is 1.73 bits per heavy atom. The highest BCUT2D eigenvalue weighted by Gasteiger charge is 2.16. The van der Waals surface area contributed by atoms with Crippen LogP contribution in [0.2, 0.25) is 10.2 Å². The lowest BCUT2D eigenvalue weighted by atomic mass is 10.0. The first-order valence-corrected chi connectivity index (χ1v) is 11.2. The van der Waals surface area contributed by atoms with Crippen molar-refractivity contribution in [3.05, 3.63) is 111 Å². The molecule has 164 valence electrons. The van der Waals surface area contributed by atoms with Crippen LogP contribution < -0.4 is 5.32 Å². The average molecular weight is 475 g/mol. The predicted octanol–water partition coefficient (Wildman–Crippen LogP) is 6.06. The number of nitrogens with zero attached hydrogens (tertiary/aromatic N) is 5. The maximum atomic E-state index is 6.74. The van der Waals surface area contributed by atoms with Crippen LogP contribution in [0, 0.1) is 6.92 Å². The molecule has 3 heterocycles. The molecule has 5 aromatic rings. The second-order valence-electron chi connectivity index (χ2n) is 7.74. The van der Waals surface area contributed by atoms with Crippen LogP contribution in [-0.4, -0.2) is 24.6 Å². The number of hydrogen-bond acceptors (Lipinski definition) is 5. The Morgan fingerprint density at radius 3 is 2.52 bits per heavy atom. The highest BCUT2D eigenvalue weighted by Crippen LogP contribution is 2.27. The summed E-state index contributed by atoms with van der Waals surface area (Å²) in [5.41, 5.74) is 5.87. The molecule has 0 aliphatic rings. The summed E-state index contributed by atoms with van der Waals surface area (Å²) in [6, 6.07) is 19.8. The molecule has 8 heteroatoms. The molecular formula is C25H20Cl2N6. The lowest BCUT2D eigenvalue weighted by Gasteiger charge is -2.10. The third-order valence-electron chi connectivity index (χ3n) is 5.39. The van der Waals surface area contributed by atoms with Gasteiger partial charge in [0.25, 0.3) is 5.78 Å². The number of benzene rings is 2. The zero-order valence-electron chi connectivity index (χ0n) is 17.8. The molecular weight excluding hydrogens is 455 g/mol. The van der Waals surface area contributed by atoms with Crippen LogP contribution in [0.1, 0.15) is 27.9 Å². The topological polar surface area (TPSA) is 68.0 Å². The van der Waals surface area contributed by atoms with Crippen LogP contribution in [0.15, 0.2) is 73.1 Å². The van der Waals surface area contributed by atoms with E-state index in [2.05, 4.69) is 37.5 Å². The van der Waals surface area contributed by atoms with Crippen LogP contribution in [0.5, 0.6) is 0 Å². The Bertz CT molecular complexity index is 1420. The van der Waals surface area contributed by atoms with Crippen LogP contribution in [0.25, 0.3) is 5.78 Å². The van der Waals surface area contributed by atoms with E-state index in [1.807, 2.05) is 61.7 Å². The number of hydrogen-bond donors (Lipinski definition) is 1. The second kappa shape index (κ2) is 9.17. The number of halogens is 2. The van der Waals surface area contributed by atoms with Crippen molar-refractivity contribution >= 4 is 40.6 Å². The Labute approximate surface area is 201 Å². The van der Waals surface area contributed by atoms with Gasteiger partial charge < -0.3 is 5.32 Å². The minimum Gasteiger partial charge on any atom is -0.323 e. The van der Waals surface area contributed by atoms with Gasteiger partial charge in [0.2, 0.25) is 5.95 Å². The monoisotopic (exact) mass is 474 g/mol. The average Bonchev–Trinajstić information content (AvgIpc) is 3.22. The molecule has 6 nitrogen and oxygen atoms in total. The first kappa shape index (κ1) is 21.4. The molecule has 5 rings (SSSR count). The summed E-state index contributed by atoms with van der Waals surface area (Å²) in [5, 5.41) is 8.99. The number of aryl methyl sites for hydroxylation is 1. The summed E-state index contributed by atoms with van der Waals surface area (Å²) >= 11 is 13.0. The number of rotatable bonds is 6. The molecule has 0 fully saturated rings. The van der Waals surface area contributed by atoms with Crippen molar-refractivity contribution in [2.75, 3.05) is 5.32 Å². The molecule has 0 amide bonds. The van der Waals surface area contributed by atoms with Crippen LogP contribution in [-0.2, 0) is 12.8 Å². The zero-order chi connectivity index (χ0) is 22.8. The fourth-order valence-electron chi connectivity index (χ4n) is 3.72. The van der Waals surface area contributed by atoms with E-state index in [1.165, 1.54) is 0 Å². The predicted molar refractivity (Wildman–Crippen MR) is 132 cm³/mol. The lowest BCUT2D eigenvalue weighted by molar-refractivity contribution is 0.903. The molecule has 0 aliphatic heterocycles. The summed E-state index contributed by atoms with van der Waals surface area (Å²) in [5.74, 6) is 0.836. The first-order chi connectivity index (χ1) is 16.1. The molecule has 0 spiro atoms. The van der Waals surface area contributed by atoms with Crippen molar-refractivity contribution < 1.29 is 0 Å². The molecule has 0 saturated carbocycles. The van der Waals surface area contributed by atoms with E-state index in [0.29, 0.717) is 34.7 Å². The van der Waals surface area contributed by atoms with E-state index < -0.39 is 0 Å². The Morgan fingerprint density at radius 1 is 0.909 bits per heavy atom. The van der Waals surface area contributed by atoms with Crippen molar-refractivity contribution in [3.63, 3.8) is 0 Å². The zero-order valence-corrected chi connectivity index (χ0v) is 19.3. The van der Waals surface area contributed by atoms with E-state index in [0.717, 1.165) is 33.6 Å². The van der Waals surface area contributed by atoms with Crippen molar-refractivity contribution in [2.45, 2.75) is 19.8 Å². The SMILES string of the molecule is Cc1nc2nc(Nc3cc(Cl)ccc3Cc3cccnc3)nn2c(Cl)c1Cc1ccccc1. The summed E-state index contributed by atoms with van der Waals surface area (Å²) in [7, 11) is 0. The van der Waals surface area contributed by atoms with Crippen molar-refractivity contribution in [1.29, 1.82) is 0 Å². The largest absolute Gasteiger partial charge is 0.323 e. The van der Waals surface area contributed by atoms with Gasteiger partial charge in [-0.1, -0.05) is 65.7 Å². The number of pyridine rings is 1. The maximum absolute atomic E-state index is 6.74. The molecule has 0 bridgehead atoms.